The fourth-order valence-electron chi connectivity index (χ4n) is 1.85. The molecule has 0 saturated heterocycles. The van der Waals surface area contributed by atoms with Gasteiger partial charge in [-0.05, 0) is 39.3 Å². The largest absolute Gasteiger partial charge is 0.468 e. The Morgan fingerprint density at radius 3 is 2.52 bits per heavy atom. The summed E-state index contributed by atoms with van der Waals surface area (Å²) >= 11 is 1.51. The SMILES string of the molecule is COC(=O)CN(C(=O)CSc1cc(C)ccc1C)C(C)C. The molecule has 0 radical (unpaired) electrons. The quantitative estimate of drug-likeness (QED) is 0.599. The maximum absolute atomic E-state index is 12.3. The van der Waals surface area contributed by atoms with E-state index in [1.54, 1.807) is 4.90 Å². The van der Waals surface area contributed by atoms with Crippen LogP contribution in [0.15, 0.2) is 23.1 Å². The third-order valence-electron chi connectivity index (χ3n) is 3.17. The van der Waals surface area contributed by atoms with E-state index >= 15 is 0 Å². The highest BCUT2D eigenvalue weighted by atomic mass is 32.2. The molecule has 0 aliphatic heterocycles. The predicted molar refractivity (Wildman–Crippen MR) is 85.5 cm³/mol. The van der Waals surface area contributed by atoms with Gasteiger partial charge < -0.3 is 9.64 Å². The van der Waals surface area contributed by atoms with E-state index in [0.717, 1.165) is 10.5 Å². The second kappa shape index (κ2) is 8.08. The fraction of sp³-hybridized carbons (Fsp3) is 0.500. The Labute approximate surface area is 130 Å². The number of carbonyl (C=O) groups excluding carboxylic acids is 2. The van der Waals surface area contributed by atoms with Crippen molar-refractivity contribution in [1.82, 2.24) is 4.90 Å². The summed E-state index contributed by atoms with van der Waals surface area (Å²) in [4.78, 5) is 26.3. The van der Waals surface area contributed by atoms with Gasteiger partial charge in [0.15, 0.2) is 0 Å². The number of aryl methyl sites for hydroxylation is 2. The third kappa shape index (κ3) is 5.42. The number of hydrogen-bond donors (Lipinski definition) is 0. The van der Waals surface area contributed by atoms with E-state index in [2.05, 4.69) is 22.9 Å². The monoisotopic (exact) mass is 309 g/mol. The standard InChI is InChI=1S/C16H23NO3S/c1-11(2)17(9-16(19)20-5)15(18)10-21-14-8-12(3)6-7-13(14)4/h6-8,11H,9-10H2,1-5H3. The minimum absolute atomic E-state index is 0.000357. The van der Waals surface area contributed by atoms with Crippen LogP contribution in [-0.2, 0) is 14.3 Å². The van der Waals surface area contributed by atoms with Gasteiger partial charge in [0, 0.05) is 10.9 Å². The average molecular weight is 309 g/mol. The van der Waals surface area contributed by atoms with E-state index in [1.165, 1.54) is 24.4 Å². The van der Waals surface area contributed by atoms with Crippen LogP contribution in [-0.4, -0.2) is 42.2 Å². The molecule has 1 rings (SSSR count). The first-order chi connectivity index (χ1) is 9.85. The Morgan fingerprint density at radius 1 is 1.29 bits per heavy atom. The van der Waals surface area contributed by atoms with Crippen LogP contribution in [0.25, 0.3) is 0 Å². The molecule has 0 aromatic heterocycles. The first-order valence-electron chi connectivity index (χ1n) is 6.91. The minimum atomic E-state index is -0.395. The van der Waals surface area contributed by atoms with Crippen LogP contribution in [0, 0.1) is 13.8 Å². The highest BCUT2D eigenvalue weighted by molar-refractivity contribution is 8.00. The second-order valence-electron chi connectivity index (χ2n) is 5.25. The van der Waals surface area contributed by atoms with Gasteiger partial charge in [0.1, 0.15) is 6.54 Å². The number of ether oxygens (including phenoxy) is 1. The van der Waals surface area contributed by atoms with Crippen LogP contribution < -0.4 is 0 Å². The molecule has 5 heteroatoms. The van der Waals surface area contributed by atoms with Crippen molar-refractivity contribution in [3.8, 4) is 0 Å². The summed E-state index contributed by atoms with van der Waals surface area (Å²) in [5, 5.41) is 0. The van der Waals surface area contributed by atoms with Crippen LogP contribution in [0.2, 0.25) is 0 Å². The Kier molecular flexibility index (Phi) is 6.75. The Morgan fingerprint density at radius 2 is 1.95 bits per heavy atom. The maximum atomic E-state index is 12.3. The molecular formula is C16H23NO3S. The summed E-state index contributed by atoms with van der Waals surface area (Å²) in [6.45, 7) is 7.84. The number of carbonyl (C=O) groups is 2. The van der Waals surface area contributed by atoms with Crippen molar-refractivity contribution in [3.63, 3.8) is 0 Å². The molecule has 0 atom stereocenters. The molecule has 0 aliphatic carbocycles. The van der Waals surface area contributed by atoms with Crippen molar-refractivity contribution in [1.29, 1.82) is 0 Å². The number of methoxy groups -OCH3 is 1. The number of hydrogen-bond acceptors (Lipinski definition) is 4. The van der Waals surface area contributed by atoms with Crippen molar-refractivity contribution in [2.75, 3.05) is 19.4 Å². The van der Waals surface area contributed by atoms with E-state index < -0.39 is 5.97 Å². The molecule has 0 heterocycles. The van der Waals surface area contributed by atoms with Gasteiger partial charge >= 0.3 is 5.97 Å². The molecule has 0 bridgehead atoms. The fourth-order valence-corrected chi connectivity index (χ4v) is 2.86. The molecule has 0 saturated carbocycles. The average Bonchev–Trinajstić information content (AvgIpc) is 2.44. The Balaban J connectivity index is 2.69. The van der Waals surface area contributed by atoms with Crippen LogP contribution >= 0.6 is 11.8 Å². The molecule has 1 aromatic carbocycles. The van der Waals surface area contributed by atoms with Crippen molar-refractivity contribution >= 4 is 23.6 Å². The van der Waals surface area contributed by atoms with Crippen molar-refractivity contribution < 1.29 is 14.3 Å². The molecule has 1 aromatic rings. The van der Waals surface area contributed by atoms with Crippen LogP contribution in [0.5, 0.6) is 0 Å². The van der Waals surface area contributed by atoms with E-state index in [-0.39, 0.29) is 18.5 Å². The van der Waals surface area contributed by atoms with Crippen LogP contribution in [0.3, 0.4) is 0 Å². The summed E-state index contributed by atoms with van der Waals surface area (Å²) in [6.07, 6.45) is 0. The molecule has 0 N–H and O–H groups in total. The number of thioether (sulfide) groups is 1. The zero-order valence-electron chi connectivity index (χ0n) is 13.3. The number of benzene rings is 1. The molecule has 1 amide bonds. The smallest absolute Gasteiger partial charge is 0.325 e. The molecule has 0 fully saturated rings. The van der Waals surface area contributed by atoms with E-state index in [4.69, 9.17) is 0 Å². The number of rotatable bonds is 6. The highest BCUT2D eigenvalue weighted by Crippen LogP contribution is 2.24. The zero-order valence-corrected chi connectivity index (χ0v) is 14.1. The highest BCUT2D eigenvalue weighted by Gasteiger charge is 2.20. The zero-order chi connectivity index (χ0) is 16.0. The first-order valence-corrected chi connectivity index (χ1v) is 7.90. The Hall–Kier alpha value is -1.49. The molecule has 21 heavy (non-hydrogen) atoms. The number of esters is 1. The molecular weight excluding hydrogens is 286 g/mol. The molecule has 4 nitrogen and oxygen atoms in total. The molecule has 116 valence electrons. The predicted octanol–water partition coefficient (Wildman–Crippen LogP) is 2.81. The summed E-state index contributed by atoms with van der Waals surface area (Å²) in [7, 11) is 1.33. The Bertz CT molecular complexity index is 514. The van der Waals surface area contributed by atoms with Crippen molar-refractivity contribution in [3.05, 3.63) is 29.3 Å². The molecule has 0 aliphatic rings. The van der Waals surface area contributed by atoms with E-state index in [1.807, 2.05) is 27.7 Å². The summed E-state index contributed by atoms with van der Waals surface area (Å²) in [5.74, 6) is -0.130. The summed E-state index contributed by atoms with van der Waals surface area (Å²) in [5.41, 5.74) is 2.33. The van der Waals surface area contributed by atoms with Gasteiger partial charge in [-0.3, -0.25) is 9.59 Å². The first kappa shape index (κ1) is 17.6. The minimum Gasteiger partial charge on any atom is -0.468 e. The topological polar surface area (TPSA) is 46.6 Å². The number of nitrogens with zero attached hydrogens (tertiary/aromatic N) is 1. The van der Waals surface area contributed by atoms with Gasteiger partial charge in [0.05, 0.1) is 12.9 Å². The second-order valence-corrected chi connectivity index (χ2v) is 6.27. The van der Waals surface area contributed by atoms with Gasteiger partial charge in [-0.25, -0.2) is 0 Å². The lowest BCUT2D eigenvalue weighted by atomic mass is 10.2. The van der Waals surface area contributed by atoms with Crippen LogP contribution in [0.4, 0.5) is 0 Å². The van der Waals surface area contributed by atoms with Gasteiger partial charge in [-0.15, -0.1) is 11.8 Å². The van der Waals surface area contributed by atoms with Gasteiger partial charge in [-0.2, -0.15) is 0 Å². The maximum Gasteiger partial charge on any atom is 0.325 e. The molecule has 0 unspecified atom stereocenters. The van der Waals surface area contributed by atoms with Gasteiger partial charge in [0.2, 0.25) is 5.91 Å². The summed E-state index contributed by atoms with van der Waals surface area (Å²) in [6, 6.07) is 6.15. The lowest BCUT2D eigenvalue weighted by Crippen LogP contribution is -2.42. The lowest BCUT2D eigenvalue weighted by molar-refractivity contribution is -0.147. The third-order valence-corrected chi connectivity index (χ3v) is 4.31. The summed E-state index contributed by atoms with van der Waals surface area (Å²) < 4.78 is 4.64. The van der Waals surface area contributed by atoms with E-state index in [0.29, 0.717) is 5.75 Å². The van der Waals surface area contributed by atoms with Gasteiger partial charge in [0.25, 0.3) is 0 Å². The normalized spacial score (nSPS) is 10.6. The molecule has 0 spiro atoms. The van der Waals surface area contributed by atoms with Crippen LogP contribution in [0.1, 0.15) is 25.0 Å². The van der Waals surface area contributed by atoms with Crippen molar-refractivity contribution in [2.24, 2.45) is 0 Å². The van der Waals surface area contributed by atoms with E-state index in [9.17, 15) is 9.59 Å². The number of amides is 1. The lowest BCUT2D eigenvalue weighted by Gasteiger charge is -2.25. The van der Waals surface area contributed by atoms with Gasteiger partial charge in [-0.1, -0.05) is 17.7 Å². The van der Waals surface area contributed by atoms with Crippen molar-refractivity contribution in [2.45, 2.75) is 38.6 Å².